The van der Waals surface area contributed by atoms with E-state index in [1.807, 2.05) is 0 Å². The van der Waals surface area contributed by atoms with Crippen LogP contribution in [0.5, 0.6) is 0 Å². The fraction of sp³-hybridized carbons (Fsp3) is 0.600. The van der Waals surface area contributed by atoms with E-state index in [9.17, 15) is 0 Å². The van der Waals surface area contributed by atoms with Gasteiger partial charge in [-0.1, -0.05) is 44.5 Å². The molecule has 0 saturated heterocycles. The summed E-state index contributed by atoms with van der Waals surface area (Å²) < 4.78 is 0. The minimum atomic E-state index is 0.758. The van der Waals surface area contributed by atoms with E-state index in [-0.39, 0.29) is 0 Å². The number of rotatable bonds is 5. The van der Waals surface area contributed by atoms with E-state index < -0.39 is 0 Å². The van der Waals surface area contributed by atoms with E-state index in [4.69, 9.17) is 0 Å². The van der Waals surface area contributed by atoms with Crippen molar-refractivity contribution in [3.63, 3.8) is 0 Å². The molecule has 0 spiro atoms. The lowest BCUT2D eigenvalue weighted by molar-refractivity contribution is 0.209. The quantitative estimate of drug-likeness (QED) is 0.731. The van der Waals surface area contributed by atoms with Crippen molar-refractivity contribution < 1.29 is 0 Å². The molecule has 1 nitrogen and oxygen atoms in total. The Labute approximate surface area is 99.5 Å². The summed E-state index contributed by atoms with van der Waals surface area (Å²) in [7, 11) is 0. The lowest BCUT2D eigenvalue weighted by Gasteiger charge is -2.27. The van der Waals surface area contributed by atoms with E-state index in [0.29, 0.717) is 0 Å². The molecule has 1 aromatic carbocycles. The third-order valence-corrected chi connectivity index (χ3v) is 3.75. The van der Waals surface area contributed by atoms with E-state index in [1.165, 1.54) is 38.8 Å². The summed E-state index contributed by atoms with van der Waals surface area (Å²) in [5.41, 5.74) is 3.14. The van der Waals surface area contributed by atoms with Crippen LogP contribution in [0.3, 0.4) is 0 Å². The Morgan fingerprint density at radius 2 is 1.75 bits per heavy atom. The molecule has 0 unspecified atom stereocenters. The van der Waals surface area contributed by atoms with E-state index in [1.54, 1.807) is 11.1 Å². The summed E-state index contributed by atoms with van der Waals surface area (Å²) in [5, 5.41) is 0. The molecule has 0 fully saturated rings. The van der Waals surface area contributed by atoms with Crippen LogP contribution in [0.4, 0.5) is 0 Å². The molecule has 0 aliphatic heterocycles. The first-order chi connectivity index (χ1) is 7.85. The third-order valence-electron chi connectivity index (χ3n) is 3.75. The minimum Gasteiger partial charge on any atom is -0.300 e. The lowest BCUT2D eigenvalue weighted by Crippen LogP contribution is -2.36. The smallest absolute Gasteiger partial charge is 0.0176 e. The fourth-order valence-electron chi connectivity index (χ4n) is 2.75. The molecule has 1 aliphatic carbocycles. The van der Waals surface area contributed by atoms with Crippen LogP contribution in [-0.4, -0.2) is 24.0 Å². The maximum Gasteiger partial charge on any atom is 0.0176 e. The van der Waals surface area contributed by atoms with Crippen molar-refractivity contribution in [1.82, 2.24) is 4.90 Å². The van der Waals surface area contributed by atoms with Crippen LogP contribution in [0.1, 0.15) is 37.8 Å². The lowest BCUT2D eigenvalue weighted by atomic mass is 10.1. The van der Waals surface area contributed by atoms with Crippen LogP contribution in [0, 0.1) is 0 Å². The van der Waals surface area contributed by atoms with E-state index in [0.717, 1.165) is 6.04 Å². The number of hydrogen-bond acceptors (Lipinski definition) is 1. The maximum atomic E-state index is 2.66. The minimum absolute atomic E-state index is 0.758. The summed E-state index contributed by atoms with van der Waals surface area (Å²) in [4.78, 5) is 2.66. The average Bonchev–Trinajstić information content (AvgIpc) is 2.73. The molecule has 0 radical (unpaired) electrons. The highest BCUT2D eigenvalue weighted by Gasteiger charge is 2.24. The second-order valence-electron chi connectivity index (χ2n) is 4.81. The van der Waals surface area contributed by atoms with Gasteiger partial charge in [0.05, 0.1) is 0 Å². The number of unbranched alkanes of at least 4 members (excludes halogenated alkanes) is 1. The van der Waals surface area contributed by atoms with Crippen molar-refractivity contribution in [1.29, 1.82) is 0 Å². The van der Waals surface area contributed by atoms with Crippen molar-refractivity contribution in [3.05, 3.63) is 35.4 Å². The van der Waals surface area contributed by atoms with E-state index >= 15 is 0 Å². The van der Waals surface area contributed by atoms with Gasteiger partial charge in [0.25, 0.3) is 0 Å². The highest BCUT2D eigenvalue weighted by molar-refractivity contribution is 5.33. The molecule has 0 saturated carbocycles. The zero-order valence-electron chi connectivity index (χ0n) is 10.6. The predicted octanol–water partition coefficient (Wildman–Crippen LogP) is 3.28. The van der Waals surface area contributed by atoms with Gasteiger partial charge in [-0.05, 0) is 43.5 Å². The fourth-order valence-corrected chi connectivity index (χ4v) is 2.75. The van der Waals surface area contributed by atoms with Crippen molar-refractivity contribution in [2.75, 3.05) is 13.1 Å². The first-order valence-corrected chi connectivity index (χ1v) is 6.66. The molecule has 0 bridgehead atoms. The van der Waals surface area contributed by atoms with Gasteiger partial charge in [0.2, 0.25) is 0 Å². The third kappa shape index (κ3) is 2.46. The molecule has 0 amide bonds. The second-order valence-corrected chi connectivity index (χ2v) is 4.81. The SMILES string of the molecule is CCCCN(CC)C1Cc2ccccc2C1. The van der Waals surface area contributed by atoms with Gasteiger partial charge in [0.15, 0.2) is 0 Å². The predicted molar refractivity (Wildman–Crippen MR) is 69.8 cm³/mol. The highest BCUT2D eigenvalue weighted by Crippen LogP contribution is 2.25. The van der Waals surface area contributed by atoms with Crippen molar-refractivity contribution in [2.24, 2.45) is 0 Å². The van der Waals surface area contributed by atoms with Crippen molar-refractivity contribution in [3.8, 4) is 0 Å². The Morgan fingerprint density at radius 3 is 2.25 bits per heavy atom. The zero-order chi connectivity index (χ0) is 11.4. The Kier molecular flexibility index (Phi) is 4.00. The van der Waals surface area contributed by atoms with Crippen molar-refractivity contribution in [2.45, 2.75) is 45.6 Å². The average molecular weight is 217 g/mol. The molecule has 16 heavy (non-hydrogen) atoms. The summed E-state index contributed by atoms with van der Waals surface area (Å²) in [6.07, 6.45) is 5.15. The molecule has 0 aromatic heterocycles. The Morgan fingerprint density at radius 1 is 1.12 bits per heavy atom. The Bertz CT molecular complexity index is 307. The Hall–Kier alpha value is -0.820. The topological polar surface area (TPSA) is 3.24 Å². The molecule has 0 N–H and O–H groups in total. The molecule has 0 atom stereocenters. The van der Waals surface area contributed by atoms with Crippen LogP contribution >= 0.6 is 0 Å². The van der Waals surface area contributed by atoms with Gasteiger partial charge in [-0.25, -0.2) is 0 Å². The van der Waals surface area contributed by atoms with Crippen LogP contribution in [0.2, 0.25) is 0 Å². The van der Waals surface area contributed by atoms with Gasteiger partial charge in [-0.3, -0.25) is 0 Å². The van der Waals surface area contributed by atoms with Crippen LogP contribution in [0.25, 0.3) is 0 Å². The molecule has 2 rings (SSSR count). The molecule has 88 valence electrons. The summed E-state index contributed by atoms with van der Waals surface area (Å²) in [6, 6.07) is 9.69. The number of fused-ring (bicyclic) bond motifs is 1. The zero-order valence-corrected chi connectivity index (χ0v) is 10.6. The highest BCUT2D eigenvalue weighted by atomic mass is 15.1. The number of benzene rings is 1. The maximum absolute atomic E-state index is 2.66. The molecular formula is C15H23N. The van der Waals surface area contributed by atoms with Gasteiger partial charge >= 0.3 is 0 Å². The van der Waals surface area contributed by atoms with Gasteiger partial charge in [0, 0.05) is 6.04 Å². The summed E-state index contributed by atoms with van der Waals surface area (Å²) in [6.45, 7) is 7.03. The van der Waals surface area contributed by atoms with Gasteiger partial charge < -0.3 is 4.90 Å². The van der Waals surface area contributed by atoms with Gasteiger partial charge in [-0.2, -0.15) is 0 Å². The standard InChI is InChI=1S/C15H23N/c1-3-5-10-16(4-2)15-11-13-8-6-7-9-14(13)12-15/h6-9,15H,3-5,10-12H2,1-2H3. The second kappa shape index (κ2) is 5.49. The van der Waals surface area contributed by atoms with Crippen molar-refractivity contribution >= 4 is 0 Å². The van der Waals surface area contributed by atoms with Crippen LogP contribution in [-0.2, 0) is 12.8 Å². The van der Waals surface area contributed by atoms with E-state index in [2.05, 4.69) is 43.0 Å². The number of hydrogen-bond donors (Lipinski definition) is 0. The monoisotopic (exact) mass is 217 g/mol. The summed E-state index contributed by atoms with van der Waals surface area (Å²) >= 11 is 0. The normalized spacial score (nSPS) is 15.7. The molecule has 1 aromatic rings. The molecule has 1 heteroatoms. The molecule has 0 heterocycles. The number of nitrogens with zero attached hydrogens (tertiary/aromatic N) is 1. The molecular weight excluding hydrogens is 194 g/mol. The largest absolute Gasteiger partial charge is 0.300 e. The first kappa shape index (κ1) is 11.7. The van der Waals surface area contributed by atoms with Crippen LogP contribution < -0.4 is 0 Å². The first-order valence-electron chi connectivity index (χ1n) is 6.66. The number of likely N-dealkylation sites (N-methyl/N-ethyl adjacent to an activating group) is 1. The van der Waals surface area contributed by atoms with Gasteiger partial charge in [0.1, 0.15) is 0 Å². The summed E-state index contributed by atoms with van der Waals surface area (Å²) in [5.74, 6) is 0. The molecule has 1 aliphatic rings. The van der Waals surface area contributed by atoms with Gasteiger partial charge in [-0.15, -0.1) is 0 Å². The Balaban J connectivity index is 1.98. The van der Waals surface area contributed by atoms with Crippen LogP contribution in [0.15, 0.2) is 24.3 Å².